The van der Waals surface area contributed by atoms with E-state index in [1.165, 1.54) is 0 Å². The van der Waals surface area contributed by atoms with Crippen molar-refractivity contribution in [3.63, 3.8) is 0 Å². The highest BCUT2D eigenvalue weighted by Gasteiger charge is 1.82. The van der Waals surface area contributed by atoms with Gasteiger partial charge in [0.05, 0.1) is 6.61 Å². The average Bonchev–Trinajstić information content (AvgIpc) is 1.89. The molecule has 4 N–H and O–H groups in total. The number of hydrogen-bond acceptors (Lipinski definition) is 3. The molecule has 0 aliphatic heterocycles. The predicted octanol–water partition coefficient (Wildman–Crippen LogP) is -0.241. The molecule has 0 bridgehead atoms. The van der Waals surface area contributed by atoms with Crippen LogP contribution in [0, 0.1) is 0 Å². The second-order valence-corrected chi connectivity index (χ2v) is 1.36. The van der Waals surface area contributed by atoms with Gasteiger partial charge in [0.15, 0.2) is 0 Å². The number of hydrogen-bond donors (Lipinski definition) is 2. The van der Waals surface area contributed by atoms with Crippen LogP contribution in [0.15, 0.2) is 12.7 Å². The Hall–Kier alpha value is -1.52. The number of amides is 2. The Labute approximate surface area is 65.0 Å². The van der Waals surface area contributed by atoms with E-state index in [2.05, 4.69) is 22.8 Å². The van der Waals surface area contributed by atoms with E-state index in [1.54, 1.807) is 6.92 Å². The van der Waals surface area contributed by atoms with Crippen molar-refractivity contribution in [1.82, 2.24) is 0 Å². The zero-order valence-corrected chi connectivity index (χ0v) is 6.37. The Balaban J connectivity index is 0. The number of ether oxygens (including phenoxy) is 1. The van der Waals surface area contributed by atoms with E-state index >= 15 is 0 Å². The van der Waals surface area contributed by atoms with E-state index in [9.17, 15) is 9.59 Å². The summed E-state index contributed by atoms with van der Waals surface area (Å²) in [5.74, 6) is -0.481. The molecule has 0 atom stereocenters. The molecule has 0 aromatic carbocycles. The fraction of sp³-hybridized carbons (Fsp3) is 0.333. The maximum Gasteiger partial charge on any atom is 0.404 e. The molecule has 0 radical (unpaired) electrons. The summed E-state index contributed by atoms with van der Waals surface area (Å²) < 4.78 is 4.18. The molecule has 0 heterocycles. The van der Waals surface area contributed by atoms with Crippen molar-refractivity contribution in [3.8, 4) is 0 Å². The third kappa shape index (κ3) is 29.4. The first-order chi connectivity index (χ1) is 5.04. The second-order valence-electron chi connectivity index (χ2n) is 1.36. The average molecular weight is 160 g/mol. The lowest BCUT2D eigenvalue weighted by molar-refractivity contribution is -0.113. The lowest BCUT2D eigenvalue weighted by Gasteiger charge is -1.89. The van der Waals surface area contributed by atoms with Crippen molar-refractivity contribution in [1.29, 1.82) is 0 Å². The molecule has 5 heteroatoms. The molecular formula is C6H12N2O3. The number of carbonyl (C=O) groups is 2. The maximum absolute atomic E-state index is 9.60. The molecule has 64 valence electrons. The molecule has 0 aliphatic rings. The van der Waals surface area contributed by atoms with E-state index in [1.807, 2.05) is 0 Å². The highest BCUT2D eigenvalue weighted by molar-refractivity contribution is 5.84. The molecule has 11 heavy (non-hydrogen) atoms. The maximum atomic E-state index is 9.60. The summed E-state index contributed by atoms with van der Waals surface area (Å²) in [7, 11) is 0. The van der Waals surface area contributed by atoms with Crippen molar-refractivity contribution in [2.75, 3.05) is 6.61 Å². The van der Waals surface area contributed by atoms with Gasteiger partial charge in [0.1, 0.15) is 0 Å². The smallest absolute Gasteiger partial charge is 0.404 e. The zero-order chi connectivity index (χ0) is 9.28. The molecule has 0 rings (SSSR count). The van der Waals surface area contributed by atoms with Crippen LogP contribution >= 0.6 is 0 Å². The first-order valence-corrected chi connectivity index (χ1v) is 2.88. The Morgan fingerprint density at radius 3 is 1.91 bits per heavy atom. The van der Waals surface area contributed by atoms with E-state index in [0.717, 1.165) is 6.08 Å². The molecular weight excluding hydrogens is 148 g/mol. The molecule has 0 saturated carbocycles. The molecule has 0 aromatic rings. The summed E-state index contributed by atoms with van der Waals surface area (Å²) >= 11 is 0. The summed E-state index contributed by atoms with van der Waals surface area (Å²) in [5.41, 5.74) is 9.08. The molecule has 0 aliphatic carbocycles. The Morgan fingerprint density at radius 1 is 1.55 bits per heavy atom. The fourth-order valence-electron chi connectivity index (χ4n) is 0.142. The van der Waals surface area contributed by atoms with Gasteiger partial charge in [0, 0.05) is 0 Å². The highest BCUT2D eigenvalue weighted by atomic mass is 16.5. The summed E-state index contributed by atoms with van der Waals surface area (Å²) in [5, 5.41) is 0. The standard InChI is InChI=1S/C3H7NO2.C3H5NO/c1-2-6-3(4)5;1-2-3(4)5/h2H2,1H3,(H2,4,5);2H,1H2,(H2,4,5). The molecule has 5 nitrogen and oxygen atoms in total. The van der Waals surface area contributed by atoms with Crippen molar-refractivity contribution in [2.45, 2.75) is 6.92 Å². The molecule has 0 unspecified atom stereocenters. The third-order valence-corrected chi connectivity index (χ3v) is 0.488. The van der Waals surface area contributed by atoms with Crippen molar-refractivity contribution in [3.05, 3.63) is 12.7 Å². The SMILES string of the molecule is C=CC(N)=O.CCOC(N)=O. The van der Waals surface area contributed by atoms with Crippen molar-refractivity contribution in [2.24, 2.45) is 11.5 Å². The third-order valence-electron chi connectivity index (χ3n) is 0.488. The molecule has 0 saturated heterocycles. The van der Waals surface area contributed by atoms with Gasteiger partial charge in [-0.25, -0.2) is 4.79 Å². The van der Waals surface area contributed by atoms with Gasteiger partial charge >= 0.3 is 6.09 Å². The van der Waals surface area contributed by atoms with Crippen LogP contribution in [0.4, 0.5) is 4.79 Å². The van der Waals surface area contributed by atoms with Crippen molar-refractivity contribution < 1.29 is 14.3 Å². The summed E-state index contributed by atoms with van der Waals surface area (Å²) in [6.07, 6.45) is 0.345. The van der Waals surface area contributed by atoms with Gasteiger partial charge in [-0.3, -0.25) is 4.79 Å². The topological polar surface area (TPSA) is 95.4 Å². The summed E-state index contributed by atoms with van der Waals surface area (Å²) in [6.45, 7) is 5.14. The molecule has 0 aromatic heterocycles. The number of carbonyl (C=O) groups excluding carboxylic acids is 2. The number of primary amides is 2. The minimum atomic E-state index is -0.711. The predicted molar refractivity (Wildman–Crippen MR) is 40.6 cm³/mol. The molecule has 0 spiro atoms. The Morgan fingerprint density at radius 2 is 1.91 bits per heavy atom. The Kier molecular flexibility index (Phi) is 9.39. The lowest BCUT2D eigenvalue weighted by atomic mass is 10.6. The zero-order valence-electron chi connectivity index (χ0n) is 6.37. The van der Waals surface area contributed by atoms with E-state index in [0.29, 0.717) is 6.61 Å². The van der Waals surface area contributed by atoms with Gasteiger partial charge in [-0.2, -0.15) is 0 Å². The second kappa shape index (κ2) is 8.48. The minimum Gasteiger partial charge on any atom is -0.450 e. The van der Waals surface area contributed by atoms with Crippen LogP contribution < -0.4 is 11.5 Å². The lowest BCUT2D eigenvalue weighted by Crippen LogP contribution is -2.11. The van der Waals surface area contributed by atoms with Gasteiger partial charge in [0.2, 0.25) is 5.91 Å². The van der Waals surface area contributed by atoms with Crippen LogP contribution in [0.3, 0.4) is 0 Å². The van der Waals surface area contributed by atoms with E-state index in [4.69, 9.17) is 0 Å². The van der Waals surface area contributed by atoms with Crippen LogP contribution in [0.2, 0.25) is 0 Å². The first kappa shape index (κ1) is 12.2. The Bertz CT molecular complexity index is 145. The highest BCUT2D eigenvalue weighted by Crippen LogP contribution is 1.66. The van der Waals surface area contributed by atoms with Crippen LogP contribution in [-0.4, -0.2) is 18.6 Å². The van der Waals surface area contributed by atoms with Gasteiger partial charge in [-0.05, 0) is 13.0 Å². The largest absolute Gasteiger partial charge is 0.450 e. The van der Waals surface area contributed by atoms with Crippen LogP contribution in [0.25, 0.3) is 0 Å². The van der Waals surface area contributed by atoms with Crippen molar-refractivity contribution >= 4 is 12.0 Å². The summed E-state index contributed by atoms with van der Waals surface area (Å²) in [6, 6.07) is 0. The fourth-order valence-corrected chi connectivity index (χ4v) is 0.142. The van der Waals surface area contributed by atoms with Gasteiger partial charge in [-0.1, -0.05) is 6.58 Å². The van der Waals surface area contributed by atoms with Crippen LogP contribution in [0.5, 0.6) is 0 Å². The van der Waals surface area contributed by atoms with Gasteiger partial charge in [0.25, 0.3) is 0 Å². The molecule has 0 fully saturated rings. The first-order valence-electron chi connectivity index (χ1n) is 2.88. The number of rotatable bonds is 2. The summed E-state index contributed by atoms with van der Waals surface area (Å²) in [4.78, 5) is 19.1. The van der Waals surface area contributed by atoms with Gasteiger partial charge in [-0.15, -0.1) is 0 Å². The van der Waals surface area contributed by atoms with Crippen LogP contribution in [0.1, 0.15) is 6.92 Å². The molecule has 2 amide bonds. The normalized spacial score (nSPS) is 7.00. The monoisotopic (exact) mass is 160 g/mol. The van der Waals surface area contributed by atoms with E-state index < -0.39 is 12.0 Å². The number of nitrogens with two attached hydrogens (primary N) is 2. The van der Waals surface area contributed by atoms with Crippen LogP contribution in [-0.2, 0) is 9.53 Å². The minimum absolute atomic E-state index is 0.356. The quantitative estimate of drug-likeness (QED) is 0.545. The van der Waals surface area contributed by atoms with Gasteiger partial charge < -0.3 is 16.2 Å². The van der Waals surface area contributed by atoms with E-state index in [-0.39, 0.29) is 0 Å².